The fourth-order valence-electron chi connectivity index (χ4n) is 6.78. The van der Waals surface area contributed by atoms with E-state index in [2.05, 4.69) is 102 Å². The lowest BCUT2D eigenvalue weighted by Crippen LogP contribution is -2.42. The molecule has 6 nitrogen and oxygen atoms in total. The zero-order chi connectivity index (χ0) is 32.0. The van der Waals surface area contributed by atoms with Crippen molar-refractivity contribution in [2.24, 2.45) is 10.7 Å². The molecule has 2 aliphatic heterocycles. The Bertz CT molecular complexity index is 1710. The van der Waals surface area contributed by atoms with Crippen LogP contribution < -0.4 is 5.73 Å². The number of unbranched alkanes of at least 4 members (excludes halogenated alkanes) is 1. The van der Waals surface area contributed by atoms with Crippen molar-refractivity contribution in [3.8, 4) is 0 Å². The molecule has 1 saturated heterocycles. The first-order valence-electron chi connectivity index (χ1n) is 16.2. The smallest absolute Gasteiger partial charge is 0.194 e. The Morgan fingerprint density at radius 2 is 1.52 bits per heavy atom. The quantitative estimate of drug-likeness (QED) is 0.137. The lowest BCUT2D eigenvalue weighted by Gasteiger charge is -2.27. The molecule has 0 aliphatic carbocycles. The Labute approximate surface area is 290 Å². The minimum Gasteiger partial charge on any atom is -0.370 e. The molecule has 3 N–H and O–H groups in total. The molecule has 2 aliphatic rings. The van der Waals surface area contributed by atoms with E-state index in [1.54, 1.807) is 0 Å². The van der Waals surface area contributed by atoms with Gasteiger partial charge in [-0.15, -0.1) is 0 Å². The second kappa shape index (κ2) is 15.1. The van der Waals surface area contributed by atoms with Crippen LogP contribution in [-0.4, -0.2) is 71.4 Å². The molecule has 0 unspecified atom stereocenters. The van der Waals surface area contributed by atoms with E-state index >= 15 is 0 Å². The highest BCUT2D eigenvalue weighted by atomic mass is 79.9. The molecule has 0 saturated carbocycles. The summed E-state index contributed by atoms with van der Waals surface area (Å²) in [5, 5.41) is 12.9. The molecule has 6 rings (SSSR count). The number of fused-ring (bicyclic) bond motifs is 1. The van der Waals surface area contributed by atoms with E-state index in [1.165, 1.54) is 21.9 Å². The van der Waals surface area contributed by atoms with Gasteiger partial charge in [0.15, 0.2) is 11.9 Å². The zero-order valence-corrected chi connectivity index (χ0v) is 29.1. The van der Waals surface area contributed by atoms with Gasteiger partial charge in [0.05, 0.1) is 28.7 Å². The molecule has 1 fully saturated rings. The number of benzene rings is 4. The number of hydrogen-bond acceptors (Lipinski definition) is 4. The summed E-state index contributed by atoms with van der Waals surface area (Å²) in [5.74, 6) is 1.28. The molecule has 4 aromatic rings. The monoisotopic (exact) mass is 718 g/mol. The van der Waals surface area contributed by atoms with Crippen molar-refractivity contribution in [2.75, 3.05) is 32.7 Å². The Morgan fingerprint density at radius 3 is 2.33 bits per heavy atom. The predicted molar refractivity (Wildman–Crippen MR) is 196 cm³/mol. The zero-order valence-electron chi connectivity index (χ0n) is 26.0. The SMILES string of the molecule is N=C1N(CCCC[C@H]2CN=C(N)N2CCc2ccc(Cl)c(Cl)c2)C[C@H](Cc2ccc3ccccc3c2)N1CCc1cccc(Br)c1. The van der Waals surface area contributed by atoms with Crippen LogP contribution in [-0.2, 0) is 19.3 Å². The van der Waals surface area contributed by atoms with Gasteiger partial charge in [-0.3, -0.25) is 10.4 Å². The van der Waals surface area contributed by atoms with Gasteiger partial charge in [0.1, 0.15) is 0 Å². The Kier molecular flexibility index (Phi) is 10.7. The maximum absolute atomic E-state index is 9.21. The Hall–Kier alpha value is -3.26. The molecule has 0 bridgehead atoms. The summed E-state index contributed by atoms with van der Waals surface area (Å²) in [7, 11) is 0. The Morgan fingerprint density at radius 1 is 0.761 bits per heavy atom. The second-order valence-corrected chi connectivity index (χ2v) is 14.2. The normalized spacial score (nSPS) is 18.2. The van der Waals surface area contributed by atoms with E-state index in [0.717, 1.165) is 81.3 Å². The number of nitrogens with two attached hydrogens (primary N) is 1. The third-order valence-electron chi connectivity index (χ3n) is 9.30. The minimum atomic E-state index is 0.265. The predicted octanol–water partition coefficient (Wildman–Crippen LogP) is 8.03. The molecule has 46 heavy (non-hydrogen) atoms. The summed E-state index contributed by atoms with van der Waals surface area (Å²) in [5.41, 5.74) is 10.0. The van der Waals surface area contributed by atoms with Crippen LogP contribution in [0.4, 0.5) is 0 Å². The van der Waals surface area contributed by atoms with Crippen molar-refractivity contribution in [1.82, 2.24) is 14.7 Å². The van der Waals surface area contributed by atoms with E-state index in [9.17, 15) is 5.41 Å². The van der Waals surface area contributed by atoms with Crippen LogP contribution in [0.5, 0.6) is 0 Å². The fourth-order valence-corrected chi connectivity index (χ4v) is 7.55. The molecule has 0 radical (unpaired) electrons. The van der Waals surface area contributed by atoms with E-state index < -0.39 is 0 Å². The lowest BCUT2D eigenvalue weighted by atomic mass is 10.0. The van der Waals surface area contributed by atoms with Gasteiger partial charge in [0.25, 0.3) is 0 Å². The summed E-state index contributed by atoms with van der Waals surface area (Å²) in [6, 6.07) is 30.2. The second-order valence-electron chi connectivity index (χ2n) is 12.4. The number of nitrogens with one attached hydrogen (secondary N) is 1. The molecular formula is C37H41BrCl2N6. The van der Waals surface area contributed by atoms with E-state index in [0.29, 0.717) is 28.0 Å². The average molecular weight is 721 g/mol. The number of halogens is 3. The molecule has 0 amide bonds. The summed E-state index contributed by atoms with van der Waals surface area (Å²) >= 11 is 15.9. The third kappa shape index (κ3) is 7.99. The van der Waals surface area contributed by atoms with Gasteiger partial charge in [0.2, 0.25) is 0 Å². The molecule has 2 heterocycles. The maximum atomic E-state index is 9.21. The van der Waals surface area contributed by atoms with Crippen molar-refractivity contribution < 1.29 is 0 Å². The highest BCUT2D eigenvalue weighted by Crippen LogP contribution is 2.26. The van der Waals surface area contributed by atoms with Gasteiger partial charge in [-0.05, 0) is 90.3 Å². The Balaban J connectivity index is 1.05. The standard InChI is InChI=1S/C37H41BrCl2N6/c38-31-9-5-6-26(21-31)16-19-46-33(22-28-11-13-29-7-1-2-8-30(29)20-28)25-44(37(46)42)17-4-3-10-32-24-43-36(41)45(32)18-15-27-12-14-34(39)35(40)23-27/h1-2,5-9,11-14,20-21,23,32-33,42H,3-4,10,15-19,22,24-25H2,(H2,41,43)/t32-,33-/m0/s1. The van der Waals surface area contributed by atoms with Crippen LogP contribution in [0.15, 0.2) is 94.4 Å². The van der Waals surface area contributed by atoms with Crippen LogP contribution in [0, 0.1) is 5.41 Å². The van der Waals surface area contributed by atoms with Crippen molar-refractivity contribution in [1.29, 1.82) is 5.41 Å². The molecule has 4 aromatic carbocycles. The topological polar surface area (TPSA) is 71.9 Å². The van der Waals surface area contributed by atoms with Crippen LogP contribution in [0.25, 0.3) is 10.8 Å². The number of nitrogens with zero attached hydrogens (tertiary/aromatic N) is 4. The summed E-state index contributed by atoms with van der Waals surface area (Å²) in [6.45, 7) is 4.13. The molecule has 2 atom stereocenters. The molecular weight excluding hydrogens is 679 g/mol. The fraction of sp³-hybridized carbons (Fsp3) is 0.351. The van der Waals surface area contributed by atoms with Gasteiger partial charge < -0.3 is 20.4 Å². The number of hydrogen-bond donors (Lipinski definition) is 2. The van der Waals surface area contributed by atoms with Crippen molar-refractivity contribution in [2.45, 2.75) is 50.6 Å². The molecule has 0 spiro atoms. The van der Waals surface area contributed by atoms with E-state index in [-0.39, 0.29) is 6.04 Å². The molecule has 0 aromatic heterocycles. The van der Waals surface area contributed by atoms with Gasteiger partial charge >= 0.3 is 0 Å². The van der Waals surface area contributed by atoms with E-state index in [1.807, 2.05) is 18.2 Å². The van der Waals surface area contributed by atoms with Gasteiger partial charge in [-0.25, -0.2) is 0 Å². The number of rotatable bonds is 13. The van der Waals surface area contributed by atoms with Crippen LogP contribution in [0.1, 0.15) is 36.0 Å². The summed E-state index contributed by atoms with van der Waals surface area (Å²) in [4.78, 5) is 11.4. The van der Waals surface area contributed by atoms with Crippen LogP contribution >= 0.6 is 39.1 Å². The first-order valence-corrected chi connectivity index (χ1v) is 17.7. The largest absolute Gasteiger partial charge is 0.370 e. The van der Waals surface area contributed by atoms with Crippen molar-refractivity contribution in [3.63, 3.8) is 0 Å². The highest BCUT2D eigenvalue weighted by Gasteiger charge is 2.34. The molecule has 240 valence electrons. The molecule has 9 heteroatoms. The first-order chi connectivity index (χ1) is 22.3. The van der Waals surface area contributed by atoms with Crippen LogP contribution in [0.2, 0.25) is 10.0 Å². The van der Waals surface area contributed by atoms with Crippen molar-refractivity contribution >= 4 is 61.8 Å². The average Bonchev–Trinajstić information content (AvgIpc) is 3.55. The lowest BCUT2D eigenvalue weighted by molar-refractivity contribution is 0.312. The first kappa shape index (κ1) is 32.7. The maximum Gasteiger partial charge on any atom is 0.194 e. The number of aliphatic imine (C=N–C) groups is 1. The van der Waals surface area contributed by atoms with Gasteiger partial charge in [-0.1, -0.05) is 99.8 Å². The summed E-state index contributed by atoms with van der Waals surface area (Å²) < 4.78 is 1.10. The minimum absolute atomic E-state index is 0.265. The summed E-state index contributed by atoms with van der Waals surface area (Å²) in [6.07, 6.45) is 5.79. The van der Waals surface area contributed by atoms with Gasteiger partial charge in [-0.2, -0.15) is 0 Å². The third-order valence-corrected chi connectivity index (χ3v) is 10.5. The number of guanidine groups is 2. The highest BCUT2D eigenvalue weighted by molar-refractivity contribution is 9.10. The van der Waals surface area contributed by atoms with Gasteiger partial charge in [0, 0.05) is 30.7 Å². The van der Waals surface area contributed by atoms with E-state index in [4.69, 9.17) is 28.9 Å². The van der Waals surface area contributed by atoms with Crippen LogP contribution in [0.3, 0.4) is 0 Å². The van der Waals surface area contributed by atoms with Crippen molar-refractivity contribution in [3.05, 3.63) is 116 Å².